The van der Waals surface area contributed by atoms with Crippen LogP contribution in [0, 0.1) is 0 Å². The van der Waals surface area contributed by atoms with E-state index in [1.54, 1.807) is 0 Å². The molecule has 1 amide bonds. The van der Waals surface area contributed by atoms with E-state index in [0.717, 1.165) is 16.7 Å². The second kappa shape index (κ2) is 4.66. The van der Waals surface area contributed by atoms with E-state index >= 15 is 0 Å². The molecule has 0 aromatic heterocycles. The second-order valence-electron chi connectivity index (χ2n) is 3.79. The van der Waals surface area contributed by atoms with Crippen LogP contribution in [0.15, 0.2) is 61.2 Å². The van der Waals surface area contributed by atoms with Gasteiger partial charge < -0.3 is 5.73 Å². The Morgan fingerprint density at radius 3 is 2.24 bits per heavy atom. The molecule has 2 N–H and O–H groups in total. The van der Waals surface area contributed by atoms with E-state index in [1.165, 1.54) is 0 Å². The molecule has 2 aromatic carbocycles. The van der Waals surface area contributed by atoms with Gasteiger partial charge in [-0.05, 0) is 22.8 Å². The second-order valence-corrected chi connectivity index (χ2v) is 3.79. The topological polar surface area (TPSA) is 43.1 Å². The van der Waals surface area contributed by atoms with Crippen molar-refractivity contribution in [3.63, 3.8) is 0 Å². The number of nitrogens with two attached hydrogens (primary N) is 1. The highest BCUT2D eigenvalue weighted by Gasteiger charge is 2.06. The highest BCUT2D eigenvalue weighted by molar-refractivity contribution is 6.18. The summed E-state index contributed by atoms with van der Waals surface area (Å²) in [5, 5.41) is 0. The van der Waals surface area contributed by atoms with Crippen molar-refractivity contribution in [2.75, 3.05) is 0 Å². The number of amides is 1. The first-order valence-electron chi connectivity index (χ1n) is 5.33. The van der Waals surface area contributed by atoms with Gasteiger partial charge in [0.25, 0.3) is 0 Å². The van der Waals surface area contributed by atoms with Crippen LogP contribution in [0.5, 0.6) is 0 Å². The monoisotopic (exact) mass is 223 g/mol. The maximum Gasteiger partial charge on any atom is 0.248 e. The van der Waals surface area contributed by atoms with Crippen LogP contribution < -0.4 is 5.73 Å². The van der Waals surface area contributed by atoms with E-state index in [2.05, 4.69) is 6.58 Å². The maximum absolute atomic E-state index is 11.1. The number of benzene rings is 2. The van der Waals surface area contributed by atoms with Gasteiger partial charge in [-0.3, -0.25) is 4.79 Å². The Kier molecular flexibility index (Phi) is 3.06. The Morgan fingerprint density at radius 2 is 1.59 bits per heavy atom. The van der Waals surface area contributed by atoms with Crippen molar-refractivity contribution in [1.29, 1.82) is 0 Å². The highest BCUT2D eigenvalue weighted by atomic mass is 16.1. The molecule has 0 aliphatic heterocycles. The van der Waals surface area contributed by atoms with Crippen molar-refractivity contribution in [1.82, 2.24) is 0 Å². The molecule has 2 heteroatoms. The number of rotatable bonds is 3. The van der Waals surface area contributed by atoms with E-state index in [1.807, 2.05) is 54.6 Å². The first-order chi connectivity index (χ1) is 8.18. The SMILES string of the molecule is C=C(C(N)=O)c1cccc(-c2ccccc2)c1. The Balaban J connectivity index is 2.42. The first-order valence-corrected chi connectivity index (χ1v) is 5.33. The van der Waals surface area contributed by atoms with Gasteiger partial charge in [0.05, 0.1) is 0 Å². The molecular formula is C15H13NO. The number of primary amides is 1. The molecule has 0 aliphatic rings. The van der Waals surface area contributed by atoms with Gasteiger partial charge in [-0.25, -0.2) is 0 Å². The summed E-state index contributed by atoms with van der Waals surface area (Å²) < 4.78 is 0. The van der Waals surface area contributed by atoms with Crippen LogP contribution >= 0.6 is 0 Å². The zero-order valence-corrected chi connectivity index (χ0v) is 9.39. The van der Waals surface area contributed by atoms with Crippen molar-refractivity contribution < 1.29 is 4.79 Å². The first kappa shape index (κ1) is 11.1. The lowest BCUT2D eigenvalue weighted by atomic mass is 10.00. The molecule has 0 unspecified atom stereocenters. The number of hydrogen-bond donors (Lipinski definition) is 1. The zero-order valence-electron chi connectivity index (χ0n) is 9.39. The molecule has 2 nitrogen and oxygen atoms in total. The molecular weight excluding hydrogens is 210 g/mol. The third-order valence-corrected chi connectivity index (χ3v) is 2.62. The molecule has 2 rings (SSSR count). The minimum atomic E-state index is -0.491. The normalized spacial score (nSPS) is 9.88. The smallest absolute Gasteiger partial charge is 0.248 e. The Hall–Kier alpha value is -2.35. The molecule has 0 fully saturated rings. The van der Waals surface area contributed by atoms with Gasteiger partial charge in [-0.2, -0.15) is 0 Å². The standard InChI is InChI=1S/C15H13NO/c1-11(15(16)17)13-8-5-9-14(10-13)12-6-3-2-4-7-12/h2-10H,1H2,(H2,16,17). The molecule has 0 aliphatic carbocycles. The average Bonchev–Trinajstić information content (AvgIpc) is 2.39. The van der Waals surface area contributed by atoms with Gasteiger partial charge in [0, 0.05) is 5.57 Å². The summed E-state index contributed by atoms with van der Waals surface area (Å²) in [6, 6.07) is 17.6. The summed E-state index contributed by atoms with van der Waals surface area (Å²) in [4.78, 5) is 11.1. The van der Waals surface area contributed by atoms with Crippen molar-refractivity contribution >= 4 is 11.5 Å². The Labute approximate surface area is 100 Å². The fraction of sp³-hybridized carbons (Fsp3) is 0. The lowest BCUT2D eigenvalue weighted by molar-refractivity contribution is -0.112. The molecule has 0 saturated carbocycles. The summed E-state index contributed by atoms with van der Waals surface area (Å²) in [5.41, 5.74) is 8.47. The summed E-state index contributed by atoms with van der Waals surface area (Å²) >= 11 is 0. The fourth-order valence-electron chi connectivity index (χ4n) is 1.66. The maximum atomic E-state index is 11.1. The minimum Gasteiger partial charge on any atom is -0.366 e. The van der Waals surface area contributed by atoms with E-state index in [-0.39, 0.29) is 0 Å². The van der Waals surface area contributed by atoms with Crippen molar-refractivity contribution in [3.8, 4) is 11.1 Å². The third kappa shape index (κ3) is 2.42. The van der Waals surface area contributed by atoms with E-state index < -0.39 is 5.91 Å². The number of carbonyl (C=O) groups excluding carboxylic acids is 1. The van der Waals surface area contributed by atoms with Crippen LogP contribution in [0.3, 0.4) is 0 Å². The summed E-state index contributed by atoms with van der Waals surface area (Å²) in [6.45, 7) is 3.68. The van der Waals surface area contributed by atoms with Crippen LogP contribution in [0.25, 0.3) is 16.7 Å². The van der Waals surface area contributed by atoms with Gasteiger partial charge in [0.15, 0.2) is 0 Å². The molecule has 17 heavy (non-hydrogen) atoms. The molecule has 0 saturated heterocycles. The quantitative estimate of drug-likeness (QED) is 0.799. The fourth-order valence-corrected chi connectivity index (χ4v) is 1.66. The van der Waals surface area contributed by atoms with Crippen LogP contribution in [-0.2, 0) is 4.79 Å². The van der Waals surface area contributed by atoms with Crippen molar-refractivity contribution in [2.45, 2.75) is 0 Å². The van der Waals surface area contributed by atoms with E-state index in [0.29, 0.717) is 5.57 Å². The largest absolute Gasteiger partial charge is 0.366 e. The van der Waals surface area contributed by atoms with E-state index in [9.17, 15) is 4.79 Å². The lowest BCUT2D eigenvalue weighted by Gasteiger charge is -2.05. The van der Waals surface area contributed by atoms with Crippen LogP contribution in [0.1, 0.15) is 5.56 Å². The van der Waals surface area contributed by atoms with Gasteiger partial charge in [-0.1, -0.05) is 55.1 Å². The summed E-state index contributed by atoms with van der Waals surface area (Å²) in [5.74, 6) is -0.491. The predicted molar refractivity (Wildman–Crippen MR) is 70.1 cm³/mol. The van der Waals surface area contributed by atoms with Crippen LogP contribution in [0.2, 0.25) is 0 Å². The van der Waals surface area contributed by atoms with Crippen molar-refractivity contribution in [3.05, 3.63) is 66.7 Å². The van der Waals surface area contributed by atoms with Crippen molar-refractivity contribution in [2.24, 2.45) is 5.73 Å². The van der Waals surface area contributed by atoms with Gasteiger partial charge in [0.2, 0.25) is 5.91 Å². The molecule has 0 bridgehead atoms. The minimum absolute atomic E-state index is 0.336. The highest BCUT2D eigenvalue weighted by Crippen LogP contribution is 2.22. The average molecular weight is 223 g/mol. The molecule has 2 aromatic rings. The molecule has 0 heterocycles. The Morgan fingerprint density at radius 1 is 0.941 bits per heavy atom. The number of hydrogen-bond acceptors (Lipinski definition) is 1. The lowest BCUT2D eigenvalue weighted by Crippen LogP contribution is -2.11. The molecule has 0 radical (unpaired) electrons. The Bertz CT molecular complexity index is 558. The summed E-state index contributed by atoms with van der Waals surface area (Å²) in [6.07, 6.45) is 0. The number of carbonyl (C=O) groups is 1. The molecule has 0 spiro atoms. The molecule has 0 atom stereocenters. The van der Waals surface area contributed by atoms with E-state index in [4.69, 9.17) is 5.73 Å². The predicted octanol–water partition coefficient (Wildman–Crippen LogP) is 2.85. The third-order valence-electron chi connectivity index (χ3n) is 2.62. The zero-order chi connectivity index (χ0) is 12.3. The van der Waals surface area contributed by atoms with Gasteiger partial charge >= 0.3 is 0 Å². The van der Waals surface area contributed by atoms with Crippen LogP contribution in [0.4, 0.5) is 0 Å². The van der Waals surface area contributed by atoms with Gasteiger partial charge in [0.1, 0.15) is 0 Å². The summed E-state index contributed by atoms with van der Waals surface area (Å²) in [7, 11) is 0. The van der Waals surface area contributed by atoms with Gasteiger partial charge in [-0.15, -0.1) is 0 Å². The van der Waals surface area contributed by atoms with Crippen LogP contribution in [-0.4, -0.2) is 5.91 Å². The molecule has 84 valence electrons.